The lowest BCUT2D eigenvalue weighted by Gasteiger charge is -2.22. The molecule has 0 aliphatic heterocycles. The summed E-state index contributed by atoms with van der Waals surface area (Å²) in [5.74, 6) is -1.68. The monoisotopic (exact) mass is 356 g/mol. The van der Waals surface area contributed by atoms with Gasteiger partial charge in [-0.1, -0.05) is 44.2 Å². The van der Waals surface area contributed by atoms with Crippen molar-refractivity contribution in [1.29, 1.82) is 0 Å². The first-order chi connectivity index (χ1) is 11.1. The largest absolute Gasteiger partial charge is 0.480 e. The quantitative estimate of drug-likeness (QED) is 0.689. The van der Waals surface area contributed by atoms with Crippen molar-refractivity contribution in [3.8, 4) is 0 Å². The van der Waals surface area contributed by atoms with Crippen molar-refractivity contribution in [1.82, 2.24) is 9.62 Å². The zero-order chi connectivity index (χ0) is 18.3. The summed E-state index contributed by atoms with van der Waals surface area (Å²) in [6.45, 7) is 3.32. The zero-order valence-corrected chi connectivity index (χ0v) is 14.9. The third-order valence-corrected chi connectivity index (χ3v) is 4.53. The smallest absolute Gasteiger partial charge is 0.326 e. The average molecular weight is 356 g/mol. The van der Waals surface area contributed by atoms with E-state index >= 15 is 0 Å². The van der Waals surface area contributed by atoms with E-state index in [2.05, 4.69) is 5.32 Å². The van der Waals surface area contributed by atoms with Crippen molar-refractivity contribution in [2.24, 2.45) is 5.92 Å². The molecule has 2 N–H and O–H groups in total. The van der Waals surface area contributed by atoms with Crippen LogP contribution in [0.1, 0.15) is 25.8 Å². The van der Waals surface area contributed by atoms with Crippen LogP contribution in [0.5, 0.6) is 0 Å². The van der Waals surface area contributed by atoms with Crippen LogP contribution in [0.25, 0.3) is 0 Å². The number of carbonyl (C=O) groups is 2. The van der Waals surface area contributed by atoms with Crippen LogP contribution in [-0.4, -0.2) is 48.5 Å². The number of aliphatic carboxylic acids is 1. The number of rotatable bonds is 9. The van der Waals surface area contributed by atoms with E-state index in [0.29, 0.717) is 0 Å². The summed E-state index contributed by atoms with van der Waals surface area (Å²) >= 11 is 0. The Bertz CT molecular complexity index is 658. The molecule has 0 spiro atoms. The number of amides is 1. The Morgan fingerprint density at radius 2 is 1.79 bits per heavy atom. The van der Waals surface area contributed by atoms with Crippen molar-refractivity contribution in [3.63, 3.8) is 0 Å². The van der Waals surface area contributed by atoms with Gasteiger partial charge >= 0.3 is 5.97 Å². The van der Waals surface area contributed by atoms with Gasteiger partial charge in [-0.15, -0.1) is 0 Å². The molecule has 8 heteroatoms. The van der Waals surface area contributed by atoms with Gasteiger partial charge < -0.3 is 10.4 Å². The second kappa shape index (κ2) is 8.79. The van der Waals surface area contributed by atoms with Crippen molar-refractivity contribution in [2.45, 2.75) is 32.9 Å². The summed E-state index contributed by atoms with van der Waals surface area (Å²) in [4.78, 5) is 23.3. The molecule has 0 aliphatic carbocycles. The summed E-state index contributed by atoms with van der Waals surface area (Å²) < 4.78 is 24.8. The minimum absolute atomic E-state index is 0.0506. The molecule has 0 saturated carbocycles. The van der Waals surface area contributed by atoms with Gasteiger partial charge in [-0.3, -0.25) is 4.79 Å². The molecule has 24 heavy (non-hydrogen) atoms. The lowest BCUT2D eigenvalue weighted by Crippen LogP contribution is -2.47. The number of sulfonamides is 1. The van der Waals surface area contributed by atoms with Gasteiger partial charge in [0.05, 0.1) is 12.8 Å². The first-order valence-electron chi connectivity index (χ1n) is 7.60. The second-order valence-corrected chi connectivity index (χ2v) is 8.09. The van der Waals surface area contributed by atoms with Gasteiger partial charge in [0.2, 0.25) is 15.9 Å². The van der Waals surface area contributed by atoms with Crippen LogP contribution in [0.15, 0.2) is 30.3 Å². The topological polar surface area (TPSA) is 104 Å². The molecule has 0 aromatic heterocycles. The fourth-order valence-electron chi connectivity index (χ4n) is 2.17. The van der Waals surface area contributed by atoms with Gasteiger partial charge in [-0.25, -0.2) is 13.2 Å². The van der Waals surface area contributed by atoms with E-state index in [-0.39, 0.29) is 18.9 Å². The molecule has 1 aromatic rings. The average Bonchev–Trinajstić information content (AvgIpc) is 2.45. The second-order valence-electron chi connectivity index (χ2n) is 6.10. The van der Waals surface area contributed by atoms with Gasteiger partial charge in [-0.05, 0) is 17.9 Å². The molecule has 134 valence electrons. The van der Waals surface area contributed by atoms with Crippen molar-refractivity contribution < 1.29 is 23.1 Å². The predicted molar refractivity (Wildman–Crippen MR) is 90.7 cm³/mol. The molecule has 0 heterocycles. The molecular weight excluding hydrogens is 332 g/mol. The van der Waals surface area contributed by atoms with Gasteiger partial charge in [0.15, 0.2) is 0 Å². The van der Waals surface area contributed by atoms with E-state index in [1.54, 1.807) is 24.3 Å². The summed E-state index contributed by atoms with van der Waals surface area (Å²) in [5.41, 5.74) is 0.743. The van der Waals surface area contributed by atoms with Gasteiger partial charge in [-0.2, -0.15) is 4.31 Å². The Hall–Kier alpha value is -1.93. The SMILES string of the molecule is CC(C)CC(NC(=O)CN(Cc1ccccc1)S(C)(=O)=O)C(=O)O. The summed E-state index contributed by atoms with van der Waals surface area (Å²) in [7, 11) is -3.61. The first-order valence-corrected chi connectivity index (χ1v) is 9.45. The van der Waals surface area contributed by atoms with Crippen LogP contribution >= 0.6 is 0 Å². The Labute approximate surface area is 142 Å². The molecule has 0 fully saturated rings. The van der Waals surface area contributed by atoms with Crippen LogP contribution in [-0.2, 0) is 26.2 Å². The predicted octanol–water partition coefficient (Wildman–Crippen LogP) is 1.06. The molecule has 0 aliphatic rings. The highest BCUT2D eigenvalue weighted by Gasteiger charge is 2.25. The van der Waals surface area contributed by atoms with E-state index in [1.807, 2.05) is 19.9 Å². The Morgan fingerprint density at radius 1 is 1.21 bits per heavy atom. The van der Waals surface area contributed by atoms with Gasteiger partial charge in [0.25, 0.3) is 0 Å². The van der Waals surface area contributed by atoms with E-state index in [9.17, 15) is 18.0 Å². The third kappa shape index (κ3) is 7.10. The van der Waals surface area contributed by atoms with Crippen LogP contribution in [0, 0.1) is 5.92 Å². The number of hydrogen-bond donors (Lipinski definition) is 2. The Morgan fingerprint density at radius 3 is 2.25 bits per heavy atom. The van der Waals surface area contributed by atoms with E-state index < -0.39 is 34.5 Å². The highest BCUT2D eigenvalue weighted by atomic mass is 32.2. The third-order valence-electron chi connectivity index (χ3n) is 3.33. The van der Waals surface area contributed by atoms with Gasteiger partial charge in [0, 0.05) is 6.54 Å². The van der Waals surface area contributed by atoms with Crippen molar-refractivity contribution >= 4 is 21.9 Å². The van der Waals surface area contributed by atoms with E-state index in [1.165, 1.54) is 0 Å². The fraction of sp³-hybridized carbons (Fsp3) is 0.500. The maximum atomic E-state index is 12.1. The van der Waals surface area contributed by atoms with Crippen LogP contribution in [0.2, 0.25) is 0 Å². The highest BCUT2D eigenvalue weighted by molar-refractivity contribution is 7.88. The normalized spacial score (nSPS) is 13.0. The molecular formula is C16H24N2O5S. The Kier molecular flexibility index (Phi) is 7.37. The maximum Gasteiger partial charge on any atom is 0.326 e. The lowest BCUT2D eigenvalue weighted by molar-refractivity contribution is -0.142. The van der Waals surface area contributed by atoms with Crippen LogP contribution < -0.4 is 5.32 Å². The number of carbonyl (C=O) groups excluding carboxylic acids is 1. The molecule has 0 saturated heterocycles. The molecule has 7 nitrogen and oxygen atoms in total. The maximum absolute atomic E-state index is 12.1. The van der Waals surface area contributed by atoms with Crippen LogP contribution in [0.4, 0.5) is 0 Å². The number of nitrogens with zero attached hydrogens (tertiary/aromatic N) is 1. The number of hydrogen-bond acceptors (Lipinski definition) is 4. The number of nitrogens with one attached hydrogen (secondary N) is 1. The standard InChI is InChI=1S/C16H24N2O5S/c1-12(2)9-14(16(20)21)17-15(19)11-18(24(3,22)23)10-13-7-5-4-6-8-13/h4-8,12,14H,9-11H2,1-3H3,(H,17,19)(H,20,21). The summed E-state index contributed by atoms with van der Waals surface area (Å²) in [6.07, 6.45) is 1.30. The molecule has 0 radical (unpaired) electrons. The van der Waals surface area contributed by atoms with E-state index in [0.717, 1.165) is 16.1 Å². The summed E-state index contributed by atoms with van der Waals surface area (Å²) in [6, 6.07) is 7.85. The molecule has 1 rings (SSSR count). The molecule has 0 bridgehead atoms. The highest BCUT2D eigenvalue weighted by Crippen LogP contribution is 2.09. The number of benzene rings is 1. The Balaban J connectivity index is 2.79. The van der Waals surface area contributed by atoms with Gasteiger partial charge in [0.1, 0.15) is 6.04 Å². The zero-order valence-electron chi connectivity index (χ0n) is 14.1. The summed E-state index contributed by atoms with van der Waals surface area (Å²) in [5, 5.41) is 11.5. The molecule has 1 unspecified atom stereocenters. The van der Waals surface area contributed by atoms with Crippen molar-refractivity contribution in [3.05, 3.63) is 35.9 Å². The molecule has 1 amide bonds. The van der Waals surface area contributed by atoms with E-state index in [4.69, 9.17) is 5.11 Å². The molecule has 1 aromatic carbocycles. The van der Waals surface area contributed by atoms with Crippen molar-refractivity contribution in [2.75, 3.05) is 12.8 Å². The minimum Gasteiger partial charge on any atom is -0.480 e. The number of carboxylic acid groups (broad SMARTS) is 1. The van der Waals surface area contributed by atoms with Crippen LogP contribution in [0.3, 0.4) is 0 Å². The lowest BCUT2D eigenvalue weighted by atomic mass is 10.0. The first kappa shape index (κ1) is 20.1. The molecule has 1 atom stereocenters. The fourth-order valence-corrected chi connectivity index (χ4v) is 2.91. The number of carboxylic acids is 1. The minimum atomic E-state index is -3.61.